The molecule has 1 saturated heterocycles. The van der Waals surface area contributed by atoms with E-state index in [-0.39, 0.29) is 24.4 Å². The first-order valence-electron chi connectivity index (χ1n) is 7.02. The summed E-state index contributed by atoms with van der Waals surface area (Å²) < 4.78 is 5.68. The molecule has 0 saturated carbocycles. The molecule has 2 atom stereocenters. The van der Waals surface area contributed by atoms with Gasteiger partial charge in [-0.2, -0.15) is 0 Å². The molecule has 2 N–H and O–H groups in total. The SMILES string of the molecule is Cl.O=C(CC1CCNC1)NC1COc2ccccc2C1. The number of carbonyl (C=O) groups excluding carboxylic acids is 1. The molecule has 0 aromatic heterocycles. The van der Waals surface area contributed by atoms with Gasteiger partial charge in [0.05, 0.1) is 6.04 Å². The minimum Gasteiger partial charge on any atom is -0.491 e. The Morgan fingerprint density at radius 2 is 2.25 bits per heavy atom. The molecule has 20 heavy (non-hydrogen) atoms. The second-order valence-corrected chi connectivity index (χ2v) is 5.45. The third-order valence-corrected chi connectivity index (χ3v) is 3.88. The van der Waals surface area contributed by atoms with Crippen LogP contribution in [0.3, 0.4) is 0 Å². The number of para-hydroxylation sites is 1. The zero-order valence-electron chi connectivity index (χ0n) is 11.4. The third kappa shape index (κ3) is 3.64. The van der Waals surface area contributed by atoms with Crippen LogP contribution >= 0.6 is 12.4 Å². The smallest absolute Gasteiger partial charge is 0.220 e. The number of carbonyl (C=O) groups is 1. The van der Waals surface area contributed by atoms with Gasteiger partial charge in [0.25, 0.3) is 0 Å². The van der Waals surface area contributed by atoms with Gasteiger partial charge in [0.2, 0.25) is 5.91 Å². The minimum absolute atomic E-state index is 0. The van der Waals surface area contributed by atoms with Gasteiger partial charge in [0.15, 0.2) is 0 Å². The highest BCUT2D eigenvalue weighted by molar-refractivity contribution is 5.85. The molecular formula is C15H21ClN2O2. The van der Waals surface area contributed by atoms with Crippen LogP contribution in [0, 0.1) is 5.92 Å². The van der Waals surface area contributed by atoms with Crippen LogP contribution in [0.5, 0.6) is 5.75 Å². The molecule has 4 nitrogen and oxygen atoms in total. The Bertz CT molecular complexity index is 461. The summed E-state index contributed by atoms with van der Waals surface area (Å²) in [5.41, 5.74) is 1.18. The van der Waals surface area contributed by atoms with Crippen molar-refractivity contribution in [1.29, 1.82) is 0 Å². The molecule has 1 amide bonds. The third-order valence-electron chi connectivity index (χ3n) is 3.88. The number of ether oxygens (including phenoxy) is 1. The number of halogens is 1. The molecule has 1 aromatic carbocycles. The normalized spacial score (nSPS) is 24.2. The van der Waals surface area contributed by atoms with Crippen LogP contribution in [-0.2, 0) is 11.2 Å². The van der Waals surface area contributed by atoms with Crippen LogP contribution in [0.2, 0.25) is 0 Å². The standard InChI is InChI=1S/C15H20N2O2.ClH/c18-15(7-11-5-6-16-9-11)17-13-8-12-3-1-2-4-14(12)19-10-13;/h1-4,11,13,16H,5-10H2,(H,17,18);1H. The molecule has 2 unspecified atom stereocenters. The van der Waals surface area contributed by atoms with Crippen molar-refractivity contribution in [2.45, 2.75) is 25.3 Å². The lowest BCUT2D eigenvalue weighted by Crippen LogP contribution is -2.43. The Balaban J connectivity index is 0.00000147. The van der Waals surface area contributed by atoms with Crippen LogP contribution in [-0.4, -0.2) is 31.6 Å². The lowest BCUT2D eigenvalue weighted by Gasteiger charge is -2.26. The van der Waals surface area contributed by atoms with Gasteiger partial charge in [-0.15, -0.1) is 12.4 Å². The average molecular weight is 297 g/mol. The minimum atomic E-state index is 0. The van der Waals surface area contributed by atoms with Gasteiger partial charge in [0, 0.05) is 6.42 Å². The molecular weight excluding hydrogens is 276 g/mol. The summed E-state index contributed by atoms with van der Waals surface area (Å²) >= 11 is 0. The second-order valence-electron chi connectivity index (χ2n) is 5.45. The van der Waals surface area contributed by atoms with E-state index in [2.05, 4.69) is 16.7 Å². The van der Waals surface area contributed by atoms with Crippen LogP contribution in [0.15, 0.2) is 24.3 Å². The van der Waals surface area contributed by atoms with Crippen molar-refractivity contribution in [3.63, 3.8) is 0 Å². The maximum Gasteiger partial charge on any atom is 0.220 e. The van der Waals surface area contributed by atoms with E-state index in [1.807, 2.05) is 18.2 Å². The van der Waals surface area contributed by atoms with Crippen molar-refractivity contribution in [3.05, 3.63) is 29.8 Å². The van der Waals surface area contributed by atoms with Gasteiger partial charge in [-0.25, -0.2) is 0 Å². The Morgan fingerprint density at radius 1 is 1.40 bits per heavy atom. The van der Waals surface area contributed by atoms with Crippen LogP contribution in [0.1, 0.15) is 18.4 Å². The molecule has 2 aliphatic rings. The van der Waals surface area contributed by atoms with Crippen molar-refractivity contribution in [2.75, 3.05) is 19.7 Å². The molecule has 1 fully saturated rings. The van der Waals surface area contributed by atoms with Crippen molar-refractivity contribution in [2.24, 2.45) is 5.92 Å². The number of amides is 1. The lowest BCUT2D eigenvalue weighted by molar-refractivity contribution is -0.122. The Morgan fingerprint density at radius 3 is 3.05 bits per heavy atom. The maximum absolute atomic E-state index is 12.0. The summed E-state index contributed by atoms with van der Waals surface area (Å²) in [6.45, 7) is 2.58. The monoisotopic (exact) mass is 296 g/mol. The highest BCUT2D eigenvalue weighted by Crippen LogP contribution is 2.24. The number of benzene rings is 1. The summed E-state index contributed by atoms with van der Waals surface area (Å²) in [4.78, 5) is 12.0. The van der Waals surface area contributed by atoms with Crippen molar-refractivity contribution < 1.29 is 9.53 Å². The maximum atomic E-state index is 12.0. The molecule has 110 valence electrons. The van der Waals surface area contributed by atoms with Gasteiger partial charge >= 0.3 is 0 Å². The average Bonchev–Trinajstić information content (AvgIpc) is 2.91. The molecule has 2 aliphatic heterocycles. The first-order valence-corrected chi connectivity index (χ1v) is 7.02. The van der Waals surface area contributed by atoms with Gasteiger partial charge < -0.3 is 15.4 Å². The number of rotatable bonds is 3. The zero-order chi connectivity index (χ0) is 13.1. The number of hydrogen-bond acceptors (Lipinski definition) is 3. The molecule has 0 spiro atoms. The van der Waals surface area contributed by atoms with E-state index < -0.39 is 0 Å². The molecule has 0 aliphatic carbocycles. The summed E-state index contributed by atoms with van der Waals surface area (Å²) in [7, 11) is 0. The summed E-state index contributed by atoms with van der Waals surface area (Å²) in [6.07, 6.45) is 2.60. The Labute approximate surface area is 125 Å². The fourth-order valence-electron chi connectivity index (χ4n) is 2.86. The van der Waals surface area contributed by atoms with E-state index in [1.54, 1.807) is 0 Å². The predicted molar refractivity (Wildman–Crippen MR) is 80.4 cm³/mol. The van der Waals surface area contributed by atoms with E-state index in [9.17, 15) is 4.79 Å². The first kappa shape index (κ1) is 15.1. The topological polar surface area (TPSA) is 50.4 Å². The summed E-state index contributed by atoms with van der Waals surface area (Å²) in [5, 5.41) is 6.38. The van der Waals surface area contributed by atoms with Gasteiger partial charge in [-0.05, 0) is 43.5 Å². The van der Waals surface area contributed by atoms with E-state index >= 15 is 0 Å². The molecule has 0 bridgehead atoms. The summed E-state index contributed by atoms with van der Waals surface area (Å²) in [6, 6.07) is 8.14. The second kappa shape index (κ2) is 6.95. The van der Waals surface area contributed by atoms with Gasteiger partial charge in [-0.3, -0.25) is 4.79 Å². The molecule has 5 heteroatoms. The van der Waals surface area contributed by atoms with Crippen molar-refractivity contribution in [1.82, 2.24) is 10.6 Å². The largest absolute Gasteiger partial charge is 0.491 e. The number of hydrogen-bond donors (Lipinski definition) is 2. The van der Waals surface area contributed by atoms with Crippen molar-refractivity contribution >= 4 is 18.3 Å². The zero-order valence-corrected chi connectivity index (χ0v) is 12.2. The predicted octanol–water partition coefficient (Wildman–Crippen LogP) is 1.53. The molecule has 3 rings (SSSR count). The van der Waals surface area contributed by atoms with Crippen molar-refractivity contribution in [3.8, 4) is 5.75 Å². The fraction of sp³-hybridized carbons (Fsp3) is 0.533. The first-order chi connectivity index (χ1) is 9.31. The van der Waals surface area contributed by atoms with Crippen LogP contribution in [0.4, 0.5) is 0 Å². The molecule has 1 aromatic rings. The van der Waals surface area contributed by atoms with E-state index in [0.717, 1.165) is 31.7 Å². The van der Waals surface area contributed by atoms with Crippen LogP contribution in [0.25, 0.3) is 0 Å². The highest BCUT2D eigenvalue weighted by Gasteiger charge is 2.23. The highest BCUT2D eigenvalue weighted by atomic mass is 35.5. The van der Waals surface area contributed by atoms with E-state index in [0.29, 0.717) is 18.9 Å². The Hall–Kier alpha value is -1.26. The van der Waals surface area contributed by atoms with E-state index in [1.165, 1.54) is 5.56 Å². The summed E-state index contributed by atoms with van der Waals surface area (Å²) in [5.74, 6) is 1.60. The molecule has 2 heterocycles. The fourth-order valence-corrected chi connectivity index (χ4v) is 2.86. The number of nitrogens with one attached hydrogen (secondary N) is 2. The Kier molecular flexibility index (Phi) is 5.26. The quantitative estimate of drug-likeness (QED) is 0.889. The van der Waals surface area contributed by atoms with E-state index in [4.69, 9.17) is 4.74 Å². The molecule has 0 radical (unpaired) electrons. The van der Waals surface area contributed by atoms with Gasteiger partial charge in [-0.1, -0.05) is 18.2 Å². The number of fused-ring (bicyclic) bond motifs is 1. The van der Waals surface area contributed by atoms with Gasteiger partial charge in [0.1, 0.15) is 12.4 Å². The van der Waals surface area contributed by atoms with Crippen LogP contribution < -0.4 is 15.4 Å². The lowest BCUT2D eigenvalue weighted by atomic mass is 10.0.